The SMILES string of the molecule is COC(=O)Cc1ccc(N2C(=O)C(O)=C(C(=O)c3cccs3)C2c2ccc(O)cc2)cc1. The fourth-order valence-electron chi connectivity index (χ4n) is 3.63. The maximum atomic E-state index is 13.2. The summed E-state index contributed by atoms with van der Waals surface area (Å²) >= 11 is 1.22. The maximum Gasteiger partial charge on any atom is 0.309 e. The minimum absolute atomic E-state index is 0.0261. The minimum atomic E-state index is -0.885. The quantitative estimate of drug-likeness (QED) is 0.436. The number of thiophene rings is 1. The number of amides is 1. The number of esters is 1. The number of carbonyl (C=O) groups excluding carboxylic acids is 3. The molecule has 4 rings (SSSR count). The van der Waals surface area contributed by atoms with E-state index in [1.807, 2.05) is 0 Å². The number of hydrogen-bond acceptors (Lipinski definition) is 7. The van der Waals surface area contributed by atoms with E-state index >= 15 is 0 Å². The van der Waals surface area contributed by atoms with Gasteiger partial charge in [0.05, 0.1) is 30.0 Å². The van der Waals surface area contributed by atoms with Crippen molar-refractivity contribution in [3.8, 4) is 5.75 Å². The Labute approximate surface area is 187 Å². The second-order valence-electron chi connectivity index (χ2n) is 7.16. The third-order valence-electron chi connectivity index (χ3n) is 5.20. The predicted octanol–water partition coefficient (Wildman–Crippen LogP) is 3.95. The smallest absolute Gasteiger partial charge is 0.309 e. The number of aliphatic hydroxyl groups excluding tert-OH is 1. The molecule has 1 atom stereocenters. The molecule has 1 aliphatic rings. The van der Waals surface area contributed by atoms with Gasteiger partial charge in [-0.25, -0.2) is 0 Å². The molecule has 1 aliphatic heterocycles. The molecule has 1 aromatic heterocycles. The summed E-state index contributed by atoms with van der Waals surface area (Å²) in [5, 5.41) is 22.1. The average Bonchev–Trinajstić information content (AvgIpc) is 3.42. The number of nitrogens with zero attached hydrogens (tertiary/aromatic N) is 1. The number of hydrogen-bond donors (Lipinski definition) is 2. The fourth-order valence-corrected chi connectivity index (χ4v) is 4.31. The Kier molecular flexibility index (Phi) is 5.79. The van der Waals surface area contributed by atoms with Crippen LogP contribution in [0.3, 0.4) is 0 Å². The standard InChI is InChI=1S/C24H19NO6S/c1-31-19(27)13-14-4-8-16(9-5-14)25-21(15-6-10-17(26)11-7-15)20(23(29)24(25)30)22(28)18-3-2-12-32-18/h2-12,21,26,29H,13H2,1H3. The first-order chi connectivity index (χ1) is 15.4. The monoisotopic (exact) mass is 449 g/mol. The van der Waals surface area contributed by atoms with Crippen molar-refractivity contribution in [1.29, 1.82) is 0 Å². The molecule has 2 aromatic carbocycles. The van der Waals surface area contributed by atoms with Crippen LogP contribution in [-0.4, -0.2) is 35.0 Å². The van der Waals surface area contributed by atoms with Gasteiger partial charge in [-0.1, -0.05) is 30.3 Å². The molecule has 1 amide bonds. The Bertz CT molecular complexity index is 1200. The van der Waals surface area contributed by atoms with E-state index in [4.69, 9.17) is 0 Å². The van der Waals surface area contributed by atoms with Crippen LogP contribution < -0.4 is 4.90 Å². The van der Waals surface area contributed by atoms with Crippen LogP contribution in [0.15, 0.2) is 77.4 Å². The van der Waals surface area contributed by atoms with Crippen LogP contribution in [0.2, 0.25) is 0 Å². The molecular weight excluding hydrogens is 430 g/mol. The summed E-state index contributed by atoms with van der Waals surface area (Å²) in [7, 11) is 1.31. The van der Waals surface area contributed by atoms with Crippen LogP contribution in [0, 0.1) is 0 Å². The number of aliphatic hydroxyl groups is 1. The van der Waals surface area contributed by atoms with Crippen molar-refractivity contribution in [3.63, 3.8) is 0 Å². The Morgan fingerprint density at radius 2 is 1.72 bits per heavy atom. The van der Waals surface area contributed by atoms with E-state index in [2.05, 4.69) is 4.74 Å². The molecule has 0 radical (unpaired) electrons. The van der Waals surface area contributed by atoms with E-state index in [9.17, 15) is 24.6 Å². The normalized spacial score (nSPS) is 15.8. The molecule has 0 saturated heterocycles. The van der Waals surface area contributed by atoms with Crippen LogP contribution in [0.1, 0.15) is 26.8 Å². The van der Waals surface area contributed by atoms with Gasteiger partial charge in [0.2, 0.25) is 5.78 Å². The van der Waals surface area contributed by atoms with E-state index < -0.39 is 23.5 Å². The number of anilines is 1. The second-order valence-corrected chi connectivity index (χ2v) is 8.10. The largest absolute Gasteiger partial charge is 0.508 e. The first kappa shape index (κ1) is 21.3. The fraction of sp³-hybridized carbons (Fsp3) is 0.125. The predicted molar refractivity (Wildman–Crippen MR) is 119 cm³/mol. The number of benzene rings is 2. The number of Topliss-reactive ketones (excluding diaryl/α,β-unsaturated/α-hetero) is 1. The number of aromatic hydroxyl groups is 1. The van der Waals surface area contributed by atoms with Gasteiger partial charge in [0.1, 0.15) is 5.75 Å². The minimum Gasteiger partial charge on any atom is -0.508 e. The summed E-state index contributed by atoms with van der Waals surface area (Å²) in [5.41, 5.74) is 1.67. The van der Waals surface area contributed by atoms with Crippen molar-refractivity contribution in [2.45, 2.75) is 12.5 Å². The Balaban J connectivity index is 1.78. The number of phenols is 1. The summed E-state index contributed by atoms with van der Waals surface area (Å²) < 4.78 is 4.68. The van der Waals surface area contributed by atoms with Crippen LogP contribution in [0.4, 0.5) is 5.69 Å². The number of ketones is 1. The van der Waals surface area contributed by atoms with E-state index in [-0.39, 0.29) is 23.7 Å². The summed E-state index contributed by atoms with van der Waals surface area (Å²) in [6.45, 7) is 0. The molecule has 2 N–H and O–H groups in total. The van der Waals surface area contributed by atoms with Crippen molar-refractivity contribution in [1.82, 2.24) is 0 Å². The number of rotatable bonds is 6. The molecule has 0 aliphatic carbocycles. The zero-order chi connectivity index (χ0) is 22.8. The van der Waals surface area contributed by atoms with Crippen molar-refractivity contribution >= 4 is 34.7 Å². The van der Waals surface area contributed by atoms with Crippen LogP contribution in [0.25, 0.3) is 0 Å². The summed E-state index contributed by atoms with van der Waals surface area (Å²) in [4.78, 5) is 39.6. The highest BCUT2D eigenvalue weighted by atomic mass is 32.1. The lowest BCUT2D eigenvalue weighted by molar-refractivity contribution is -0.139. The Hall–Kier alpha value is -3.91. The molecule has 2 heterocycles. The molecule has 0 saturated carbocycles. The first-order valence-electron chi connectivity index (χ1n) is 9.70. The zero-order valence-corrected chi connectivity index (χ0v) is 17.8. The van der Waals surface area contributed by atoms with Gasteiger partial charge >= 0.3 is 5.97 Å². The van der Waals surface area contributed by atoms with Crippen molar-refractivity contribution in [3.05, 3.63) is 93.4 Å². The third-order valence-corrected chi connectivity index (χ3v) is 6.07. The van der Waals surface area contributed by atoms with Crippen LogP contribution in [-0.2, 0) is 20.7 Å². The van der Waals surface area contributed by atoms with Gasteiger partial charge in [-0.15, -0.1) is 11.3 Å². The molecule has 0 spiro atoms. The Morgan fingerprint density at radius 1 is 1.03 bits per heavy atom. The number of ether oxygens (including phenoxy) is 1. The number of methoxy groups -OCH3 is 1. The van der Waals surface area contributed by atoms with E-state index in [1.165, 1.54) is 35.5 Å². The van der Waals surface area contributed by atoms with Crippen LogP contribution in [0.5, 0.6) is 5.75 Å². The lowest BCUT2D eigenvalue weighted by Gasteiger charge is -2.27. The second kappa shape index (κ2) is 8.68. The molecule has 0 fully saturated rings. The summed E-state index contributed by atoms with van der Waals surface area (Å²) in [5.74, 6) is -2.10. The Morgan fingerprint density at radius 3 is 2.31 bits per heavy atom. The molecule has 8 heteroatoms. The van der Waals surface area contributed by atoms with Crippen molar-refractivity contribution in [2.24, 2.45) is 0 Å². The summed E-state index contributed by atoms with van der Waals surface area (Å²) in [6, 6.07) is 15.3. The van der Waals surface area contributed by atoms with Gasteiger partial charge in [0, 0.05) is 5.69 Å². The maximum absolute atomic E-state index is 13.2. The lowest BCUT2D eigenvalue weighted by Crippen LogP contribution is -2.31. The molecule has 162 valence electrons. The topological polar surface area (TPSA) is 104 Å². The molecule has 32 heavy (non-hydrogen) atoms. The summed E-state index contributed by atoms with van der Waals surface area (Å²) in [6.07, 6.45) is 0.0811. The van der Waals surface area contributed by atoms with Gasteiger partial charge in [0.25, 0.3) is 5.91 Å². The number of carbonyl (C=O) groups is 3. The average molecular weight is 449 g/mol. The van der Waals surface area contributed by atoms with Crippen molar-refractivity contribution < 1.29 is 29.3 Å². The molecule has 7 nitrogen and oxygen atoms in total. The van der Waals surface area contributed by atoms with E-state index in [0.717, 1.165) is 0 Å². The molecule has 1 unspecified atom stereocenters. The molecule has 0 bridgehead atoms. The highest BCUT2D eigenvalue weighted by molar-refractivity contribution is 7.12. The molecular formula is C24H19NO6S. The van der Waals surface area contributed by atoms with E-state index in [1.54, 1.807) is 53.9 Å². The van der Waals surface area contributed by atoms with Gasteiger partial charge in [-0.3, -0.25) is 19.3 Å². The van der Waals surface area contributed by atoms with Gasteiger partial charge in [-0.05, 0) is 46.8 Å². The zero-order valence-electron chi connectivity index (χ0n) is 17.0. The lowest BCUT2D eigenvalue weighted by atomic mass is 9.95. The van der Waals surface area contributed by atoms with Crippen LogP contribution >= 0.6 is 11.3 Å². The van der Waals surface area contributed by atoms with Gasteiger partial charge in [-0.2, -0.15) is 0 Å². The van der Waals surface area contributed by atoms with Crippen molar-refractivity contribution in [2.75, 3.05) is 12.0 Å². The van der Waals surface area contributed by atoms with Gasteiger partial charge in [0.15, 0.2) is 5.76 Å². The van der Waals surface area contributed by atoms with Gasteiger partial charge < -0.3 is 14.9 Å². The number of phenolic OH excluding ortho intramolecular Hbond substituents is 1. The van der Waals surface area contributed by atoms with E-state index in [0.29, 0.717) is 21.7 Å². The third kappa shape index (κ3) is 3.88. The molecule has 3 aromatic rings. The highest BCUT2D eigenvalue weighted by Gasteiger charge is 2.44. The highest BCUT2D eigenvalue weighted by Crippen LogP contribution is 2.42. The first-order valence-corrected chi connectivity index (χ1v) is 10.6.